The molecule has 0 bridgehead atoms. The smallest absolute Gasteiger partial charge is 0.321 e. The zero-order valence-electron chi connectivity index (χ0n) is 18.6. The second kappa shape index (κ2) is 9.36. The molecule has 2 unspecified atom stereocenters. The summed E-state index contributed by atoms with van der Waals surface area (Å²) in [6.07, 6.45) is 0.432. The molecule has 0 radical (unpaired) electrons. The van der Waals surface area contributed by atoms with E-state index in [1.54, 1.807) is 41.2 Å². The van der Waals surface area contributed by atoms with E-state index in [9.17, 15) is 26.7 Å². The summed E-state index contributed by atoms with van der Waals surface area (Å²) in [6, 6.07) is 12.6. The molecule has 0 aliphatic heterocycles. The number of aromatic nitrogens is 2. The summed E-state index contributed by atoms with van der Waals surface area (Å²) >= 11 is 0. The molecule has 1 heterocycles. The molecule has 0 spiro atoms. The Balaban J connectivity index is 1.66. The van der Waals surface area contributed by atoms with Crippen LogP contribution in [-0.2, 0) is 4.79 Å². The summed E-state index contributed by atoms with van der Waals surface area (Å²) < 4.78 is 75.1. The van der Waals surface area contributed by atoms with Crippen LogP contribution < -0.4 is 10.1 Å². The molecule has 4 rings (SSSR count). The number of ether oxygens (including phenoxy) is 1. The van der Waals surface area contributed by atoms with Gasteiger partial charge in [0.15, 0.2) is 11.6 Å². The summed E-state index contributed by atoms with van der Waals surface area (Å²) in [5.41, 5.74) is 1.45. The topological polar surface area (TPSA) is 56.1 Å². The molecule has 4 aromatic rings. The van der Waals surface area contributed by atoms with Crippen LogP contribution in [0.4, 0.5) is 22.0 Å². The van der Waals surface area contributed by atoms with Crippen molar-refractivity contribution in [2.75, 3.05) is 0 Å². The molecule has 0 saturated carbocycles. The van der Waals surface area contributed by atoms with Crippen LogP contribution >= 0.6 is 0 Å². The highest BCUT2D eigenvalue weighted by Crippen LogP contribution is 2.30. The van der Waals surface area contributed by atoms with Crippen molar-refractivity contribution >= 4 is 16.8 Å². The van der Waals surface area contributed by atoms with Crippen LogP contribution in [-0.4, -0.2) is 27.7 Å². The van der Waals surface area contributed by atoms with Gasteiger partial charge in [0.25, 0.3) is 5.91 Å². The van der Waals surface area contributed by atoms with Crippen molar-refractivity contribution in [1.82, 2.24) is 15.1 Å². The number of benzene rings is 3. The van der Waals surface area contributed by atoms with E-state index >= 15 is 0 Å². The van der Waals surface area contributed by atoms with Gasteiger partial charge in [-0.15, -0.1) is 0 Å². The Labute approximate surface area is 197 Å². The lowest BCUT2D eigenvalue weighted by Crippen LogP contribution is -2.46. The summed E-state index contributed by atoms with van der Waals surface area (Å²) in [5.74, 6) is -7.51. The first-order valence-electron chi connectivity index (χ1n) is 10.6. The normalized spacial score (nSPS) is 13.5. The van der Waals surface area contributed by atoms with Gasteiger partial charge in [-0.25, -0.2) is 17.9 Å². The number of carbonyl (C=O) groups is 1. The fourth-order valence-electron chi connectivity index (χ4n) is 3.58. The molecule has 3 aromatic carbocycles. The maximum absolute atomic E-state index is 13.9. The lowest BCUT2D eigenvalue weighted by molar-refractivity contribution is -0.144. The number of alkyl halides is 2. The van der Waals surface area contributed by atoms with E-state index in [0.717, 1.165) is 12.1 Å². The minimum Gasteiger partial charge on any atom is -0.484 e. The number of hydrogen-bond donors (Lipinski definition) is 1. The first kappa shape index (κ1) is 24.2. The van der Waals surface area contributed by atoms with E-state index < -0.39 is 35.6 Å². The van der Waals surface area contributed by atoms with Crippen LogP contribution in [0.1, 0.15) is 25.5 Å². The van der Waals surface area contributed by atoms with Crippen molar-refractivity contribution < 1.29 is 31.5 Å². The molecular weight excluding hydrogens is 469 g/mol. The summed E-state index contributed by atoms with van der Waals surface area (Å²) in [5, 5.41) is 7.11. The Morgan fingerprint density at radius 2 is 1.71 bits per heavy atom. The lowest BCUT2D eigenvalue weighted by Gasteiger charge is -2.27. The van der Waals surface area contributed by atoms with Crippen LogP contribution in [0.5, 0.6) is 5.75 Å². The van der Waals surface area contributed by atoms with Crippen molar-refractivity contribution in [3.8, 4) is 11.4 Å². The number of rotatable bonds is 7. The second-order valence-electron chi connectivity index (χ2n) is 8.12. The number of hydrogen-bond acceptors (Lipinski definition) is 3. The van der Waals surface area contributed by atoms with Gasteiger partial charge in [0.05, 0.1) is 23.4 Å². The molecule has 5 nitrogen and oxygen atoms in total. The number of halogens is 5. The van der Waals surface area contributed by atoms with Gasteiger partial charge in [-0.05, 0) is 67.1 Å². The number of fused-ring (bicyclic) bond motifs is 1. The highest BCUT2D eigenvalue weighted by molar-refractivity contribution is 5.83. The quantitative estimate of drug-likeness (QED) is 0.338. The zero-order valence-corrected chi connectivity index (χ0v) is 18.6. The third kappa shape index (κ3) is 5.26. The van der Waals surface area contributed by atoms with E-state index in [4.69, 9.17) is 4.74 Å². The highest BCUT2D eigenvalue weighted by Gasteiger charge is 2.35. The lowest BCUT2D eigenvalue weighted by atomic mass is 10.0. The van der Waals surface area contributed by atoms with Gasteiger partial charge in [-0.2, -0.15) is 13.9 Å². The molecule has 0 saturated heterocycles. The summed E-state index contributed by atoms with van der Waals surface area (Å²) in [7, 11) is 0. The summed E-state index contributed by atoms with van der Waals surface area (Å²) in [4.78, 5) is 11.8. The molecule has 182 valence electrons. The maximum atomic E-state index is 13.9. The van der Waals surface area contributed by atoms with Crippen molar-refractivity contribution in [2.24, 2.45) is 0 Å². The van der Waals surface area contributed by atoms with Crippen molar-refractivity contribution in [3.63, 3.8) is 0 Å². The van der Waals surface area contributed by atoms with Gasteiger partial charge in [0.2, 0.25) is 0 Å². The van der Waals surface area contributed by atoms with Crippen molar-refractivity contribution in [1.29, 1.82) is 0 Å². The largest absolute Gasteiger partial charge is 0.484 e. The minimum atomic E-state index is -3.64. The monoisotopic (exact) mass is 489 g/mol. The number of amides is 1. The van der Waals surface area contributed by atoms with E-state index in [2.05, 4.69) is 10.4 Å². The molecule has 0 fully saturated rings. The van der Waals surface area contributed by atoms with E-state index in [0.29, 0.717) is 23.5 Å². The van der Waals surface area contributed by atoms with Crippen LogP contribution in [0.25, 0.3) is 16.6 Å². The van der Waals surface area contributed by atoms with Gasteiger partial charge in [-0.3, -0.25) is 4.79 Å². The highest BCUT2D eigenvalue weighted by atomic mass is 19.3. The minimum absolute atomic E-state index is 0.137. The predicted molar refractivity (Wildman–Crippen MR) is 119 cm³/mol. The molecule has 35 heavy (non-hydrogen) atoms. The van der Waals surface area contributed by atoms with E-state index in [1.807, 2.05) is 0 Å². The van der Waals surface area contributed by atoms with Crippen LogP contribution in [0.15, 0.2) is 66.9 Å². The van der Waals surface area contributed by atoms with Crippen molar-refractivity contribution in [2.45, 2.75) is 31.9 Å². The number of carbonyl (C=O) groups excluding carboxylic acids is 1. The van der Waals surface area contributed by atoms with E-state index in [-0.39, 0.29) is 17.1 Å². The zero-order chi connectivity index (χ0) is 25.3. The molecule has 0 aliphatic rings. The Bertz CT molecular complexity index is 1370. The third-order valence-electron chi connectivity index (χ3n) is 5.36. The van der Waals surface area contributed by atoms with Crippen LogP contribution in [0, 0.1) is 17.5 Å². The standard InChI is InChI=1S/C25H20F5N3O2/c1-14(32-24(34)25(2,29)30)23(15-3-9-20(27)21(28)12-15)35-19-8-10-22-16(11-19)13-31-33(22)18-6-4-17(26)5-7-18/h3-14,23H,1-2H3,(H,32,34). The van der Waals surface area contributed by atoms with Gasteiger partial charge in [0.1, 0.15) is 17.7 Å². The number of nitrogens with zero attached hydrogens (tertiary/aromatic N) is 2. The molecule has 1 amide bonds. The Morgan fingerprint density at radius 1 is 1.00 bits per heavy atom. The van der Waals surface area contributed by atoms with E-state index in [1.165, 1.54) is 25.1 Å². The summed E-state index contributed by atoms with van der Waals surface area (Å²) in [6.45, 7) is 1.87. The van der Waals surface area contributed by atoms with Gasteiger partial charge < -0.3 is 10.1 Å². The predicted octanol–water partition coefficient (Wildman–Crippen LogP) is 5.72. The van der Waals surface area contributed by atoms with Crippen molar-refractivity contribution in [3.05, 3.63) is 89.9 Å². The van der Waals surface area contributed by atoms with Gasteiger partial charge >= 0.3 is 5.92 Å². The third-order valence-corrected chi connectivity index (χ3v) is 5.36. The maximum Gasteiger partial charge on any atom is 0.321 e. The second-order valence-corrected chi connectivity index (χ2v) is 8.12. The molecule has 10 heteroatoms. The molecule has 0 aliphatic carbocycles. The van der Waals surface area contributed by atoms with Gasteiger partial charge in [0, 0.05) is 12.3 Å². The van der Waals surface area contributed by atoms with Gasteiger partial charge in [-0.1, -0.05) is 6.07 Å². The molecular formula is C25H20F5N3O2. The fourth-order valence-corrected chi connectivity index (χ4v) is 3.58. The van der Waals surface area contributed by atoms with Crippen LogP contribution in [0.2, 0.25) is 0 Å². The average molecular weight is 489 g/mol. The molecule has 1 N–H and O–H groups in total. The first-order valence-corrected chi connectivity index (χ1v) is 10.6. The average Bonchev–Trinajstić information content (AvgIpc) is 3.22. The Morgan fingerprint density at radius 3 is 2.37 bits per heavy atom. The Hall–Kier alpha value is -3.95. The number of nitrogens with one attached hydrogen (secondary N) is 1. The first-order chi connectivity index (χ1) is 16.5. The molecule has 2 atom stereocenters. The Kier molecular flexibility index (Phi) is 6.47. The SMILES string of the molecule is CC(NC(=O)C(C)(F)F)C(Oc1ccc2c(cnn2-c2ccc(F)cc2)c1)c1ccc(F)c(F)c1. The molecule has 1 aromatic heterocycles. The fraction of sp³-hybridized carbons (Fsp3) is 0.200. The van der Waals surface area contributed by atoms with Crippen LogP contribution in [0.3, 0.4) is 0 Å².